The Morgan fingerprint density at radius 1 is 1.17 bits per heavy atom. The molecule has 1 fully saturated rings. The van der Waals surface area contributed by atoms with Crippen molar-refractivity contribution >= 4 is 11.9 Å². The fourth-order valence-electron chi connectivity index (χ4n) is 3.20. The average molecular weight is 332 g/mol. The summed E-state index contributed by atoms with van der Waals surface area (Å²) in [5, 5.41) is 2.85. The molecule has 0 aliphatic carbocycles. The molecule has 5 nitrogen and oxygen atoms in total. The van der Waals surface area contributed by atoms with E-state index in [4.69, 9.17) is 4.74 Å². The van der Waals surface area contributed by atoms with Crippen LogP contribution in [0.2, 0.25) is 0 Å². The molecule has 1 saturated heterocycles. The van der Waals surface area contributed by atoms with Crippen LogP contribution in [0.25, 0.3) is 0 Å². The molecule has 0 bridgehead atoms. The molecule has 0 aromatic heterocycles. The number of carbonyl (C=O) groups excluding carboxylic acids is 2. The number of hydrogen-bond acceptors (Lipinski definition) is 4. The second-order valence-electron chi connectivity index (χ2n) is 6.48. The monoisotopic (exact) mass is 332 g/mol. The lowest BCUT2D eigenvalue weighted by atomic mass is 10.0. The number of nitrogens with zero attached hydrogens (tertiary/aromatic N) is 1. The molecule has 132 valence electrons. The zero-order valence-corrected chi connectivity index (χ0v) is 14.7. The van der Waals surface area contributed by atoms with Gasteiger partial charge in [-0.25, -0.2) is 4.79 Å². The number of amides is 1. The number of benzene rings is 1. The van der Waals surface area contributed by atoms with Crippen molar-refractivity contribution in [3.8, 4) is 0 Å². The van der Waals surface area contributed by atoms with E-state index in [9.17, 15) is 9.59 Å². The molecular weight excluding hydrogens is 304 g/mol. The minimum absolute atomic E-state index is 0.0978. The molecule has 1 N–H and O–H groups in total. The van der Waals surface area contributed by atoms with Gasteiger partial charge in [-0.1, -0.05) is 36.8 Å². The quantitative estimate of drug-likeness (QED) is 0.777. The molecule has 1 aromatic carbocycles. The standard InChI is InChI=1S/C19H28N2O3/c1-15(21-11-7-4-8-12-21)13-18(22)20-17(19(23)24-2)14-16-9-5-3-6-10-16/h3,5-6,9-10,15,17H,4,7-8,11-14H2,1-2H3,(H,20,22)/t15-,17?/m0/s1. The number of rotatable bonds is 7. The number of esters is 1. The maximum Gasteiger partial charge on any atom is 0.328 e. The van der Waals surface area contributed by atoms with Crippen molar-refractivity contribution in [2.45, 2.75) is 51.1 Å². The Kier molecular flexibility index (Phi) is 7.25. The predicted octanol–water partition coefficient (Wildman–Crippen LogP) is 2.15. The molecule has 24 heavy (non-hydrogen) atoms. The molecule has 2 rings (SSSR count). The summed E-state index contributed by atoms with van der Waals surface area (Å²) in [6.07, 6.45) is 4.52. The number of likely N-dealkylation sites (tertiary alicyclic amines) is 1. The fraction of sp³-hybridized carbons (Fsp3) is 0.579. The van der Waals surface area contributed by atoms with Crippen molar-refractivity contribution < 1.29 is 14.3 Å². The first-order valence-electron chi connectivity index (χ1n) is 8.75. The molecule has 1 aliphatic rings. The van der Waals surface area contributed by atoms with Crippen LogP contribution >= 0.6 is 0 Å². The molecule has 5 heteroatoms. The fourth-order valence-corrected chi connectivity index (χ4v) is 3.20. The Bertz CT molecular complexity index is 527. The van der Waals surface area contributed by atoms with Crippen LogP contribution in [-0.2, 0) is 20.7 Å². The van der Waals surface area contributed by atoms with Gasteiger partial charge in [0.05, 0.1) is 7.11 Å². The first kappa shape index (κ1) is 18.5. The largest absolute Gasteiger partial charge is 0.467 e. The third-order valence-corrected chi connectivity index (χ3v) is 4.60. The van der Waals surface area contributed by atoms with Crippen LogP contribution in [0, 0.1) is 0 Å². The molecule has 1 heterocycles. The number of piperidine rings is 1. The Balaban J connectivity index is 1.90. The van der Waals surface area contributed by atoms with Crippen LogP contribution in [0.1, 0.15) is 38.2 Å². The number of nitrogens with one attached hydrogen (secondary N) is 1. The van der Waals surface area contributed by atoms with E-state index in [2.05, 4.69) is 17.1 Å². The van der Waals surface area contributed by atoms with Crippen molar-refractivity contribution in [3.63, 3.8) is 0 Å². The minimum Gasteiger partial charge on any atom is -0.467 e. The third kappa shape index (κ3) is 5.64. The van der Waals surface area contributed by atoms with Gasteiger partial charge in [0.15, 0.2) is 0 Å². The Morgan fingerprint density at radius 2 is 1.83 bits per heavy atom. The summed E-state index contributed by atoms with van der Waals surface area (Å²) < 4.78 is 4.84. The molecule has 1 unspecified atom stereocenters. The highest BCUT2D eigenvalue weighted by atomic mass is 16.5. The summed E-state index contributed by atoms with van der Waals surface area (Å²) in [7, 11) is 1.35. The van der Waals surface area contributed by atoms with Crippen LogP contribution in [0.3, 0.4) is 0 Å². The summed E-state index contributed by atoms with van der Waals surface area (Å²) in [5.74, 6) is -0.503. The van der Waals surface area contributed by atoms with Gasteiger partial charge in [-0.15, -0.1) is 0 Å². The lowest BCUT2D eigenvalue weighted by molar-refractivity contribution is -0.145. The third-order valence-electron chi connectivity index (χ3n) is 4.60. The summed E-state index contributed by atoms with van der Waals surface area (Å²) in [4.78, 5) is 26.7. The molecule has 0 spiro atoms. The molecule has 1 aliphatic heterocycles. The average Bonchev–Trinajstić information content (AvgIpc) is 2.62. The van der Waals surface area contributed by atoms with Gasteiger partial charge in [-0.2, -0.15) is 0 Å². The van der Waals surface area contributed by atoms with Gasteiger partial charge in [-0.3, -0.25) is 4.79 Å². The van der Waals surface area contributed by atoms with E-state index in [1.807, 2.05) is 30.3 Å². The Hall–Kier alpha value is -1.88. The summed E-state index contributed by atoms with van der Waals surface area (Å²) in [6, 6.07) is 9.21. The van der Waals surface area contributed by atoms with Crippen molar-refractivity contribution in [3.05, 3.63) is 35.9 Å². The van der Waals surface area contributed by atoms with Crippen molar-refractivity contribution in [2.24, 2.45) is 0 Å². The van der Waals surface area contributed by atoms with E-state index < -0.39 is 12.0 Å². The van der Waals surface area contributed by atoms with Gasteiger partial charge in [-0.05, 0) is 38.4 Å². The highest BCUT2D eigenvalue weighted by Crippen LogP contribution is 2.14. The Morgan fingerprint density at radius 3 is 2.46 bits per heavy atom. The number of methoxy groups -OCH3 is 1. The molecule has 1 amide bonds. The lowest BCUT2D eigenvalue weighted by Crippen LogP contribution is -2.46. The van der Waals surface area contributed by atoms with Gasteiger partial charge in [0.2, 0.25) is 5.91 Å². The topological polar surface area (TPSA) is 58.6 Å². The van der Waals surface area contributed by atoms with Crippen LogP contribution in [0.15, 0.2) is 30.3 Å². The van der Waals surface area contributed by atoms with Crippen LogP contribution < -0.4 is 5.32 Å². The normalized spacial score (nSPS) is 17.8. The maximum atomic E-state index is 12.4. The van der Waals surface area contributed by atoms with Gasteiger partial charge in [0.1, 0.15) is 6.04 Å². The first-order chi connectivity index (χ1) is 11.6. The van der Waals surface area contributed by atoms with Gasteiger partial charge >= 0.3 is 5.97 Å². The van der Waals surface area contributed by atoms with Gasteiger partial charge in [0, 0.05) is 18.9 Å². The molecule has 0 radical (unpaired) electrons. The maximum absolute atomic E-state index is 12.4. The van der Waals surface area contributed by atoms with E-state index in [0.29, 0.717) is 12.8 Å². The van der Waals surface area contributed by atoms with Crippen LogP contribution in [0.5, 0.6) is 0 Å². The second-order valence-corrected chi connectivity index (χ2v) is 6.48. The SMILES string of the molecule is COC(=O)C(Cc1ccccc1)NC(=O)C[C@H](C)N1CCCCC1. The zero-order chi connectivity index (χ0) is 17.4. The highest BCUT2D eigenvalue weighted by molar-refractivity contribution is 5.84. The van der Waals surface area contributed by atoms with Gasteiger partial charge in [0.25, 0.3) is 0 Å². The summed E-state index contributed by atoms with van der Waals surface area (Å²) in [6.45, 7) is 4.19. The predicted molar refractivity (Wildman–Crippen MR) is 93.6 cm³/mol. The van der Waals surface area contributed by atoms with E-state index in [1.165, 1.54) is 26.4 Å². The molecule has 2 atom stereocenters. The van der Waals surface area contributed by atoms with Crippen molar-refractivity contribution in [1.82, 2.24) is 10.2 Å². The van der Waals surface area contributed by atoms with E-state index in [1.54, 1.807) is 0 Å². The second kappa shape index (κ2) is 9.42. The van der Waals surface area contributed by atoms with Crippen LogP contribution in [0.4, 0.5) is 0 Å². The van der Waals surface area contributed by atoms with E-state index >= 15 is 0 Å². The summed E-state index contributed by atoms with van der Waals surface area (Å²) >= 11 is 0. The van der Waals surface area contributed by atoms with Crippen molar-refractivity contribution in [1.29, 1.82) is 0 Å². The molecule has 1 aromatic rings. The number of carbonyl (C=O) groups is 2. The smallest absolute Gasteiger partial charge is 0.328 e. The molecular formula is C19H28N2O3. The number of ether oxygens (including phenoxy) is 1. The summed E-state index contributed by atoms with van der Waals surface area (Å²) in [5.41, 5.74) is 0.997. The highest BCUT2D eigenvalue weighted by Gasteiger charge is 2.24. The van der Waals surface area contributed by atoms with Gasteiger partial charge < -0.3 is 15.0 Å². The van der Waals surface area contributed by atoms with E-state index in [-0.39, 0.29) is 11.9 Å². The zero-order valence-electron chi connectivity index (χ0n) is 14.7. The molecule has 0 saturated carbocycles. The van der Waals surface area contributed by atoms with Crippen LogP contribution in [-0.4, -0.2) is 49.1 Å². The minimum atomic E-state index is -0.640. The first-order valence-corrected chi connectivity index (χ1v) is 8.75. The lowest BCUT2D eigenvalue weighted by Gasteiger charge is -2.32. The Labute approximate surface area is 144 Å². The number of hydrogen-bond donors (Lipinski definition) is 1. The van der Waals surface area contributed by atoms with E-state index in [0.717, 1.165) is 18.7 Å². The van der Waals surface area contributed by atoms with Crippen molar-refractivity contribution in [2.75, 3.05) is 20.2 Å².